The molecule has 3 rings (SSSR count). The van der Waals surface area contributed by atoms with E-state index in [1.54, 1.807) is 6.20 Å². The zero-order valence-electron chi connectivity index (χ0n) is 15.8. The highest BCUT2D eigenvalue weighted by atomic mass is 35.5. The first kappa shape index (κ1) is 21.0. The summed E-state index contributed by atoms with van der Waals surface area (Å²) in [7, 11) is -2.39. The van der Waals surface area contributed by atoms with Crippen molar-refractivity contribution in [2.45, 2.75) is 18.0 Å². The molecule has 1 N–H and O–H groups in total. The lowest BCUT2D eigenvalue weighted by Gasteiger charge is -2.17. The minimum atomic E-state index is -3.76. The fourth-order valence-electron chi connectivity index (χ4n) is 2.67. The Morgan fingerprint density at radius 1 is 1.10 bits per heavy atom. The molecule has 0 fully saturated rings. The zero-order chi connectivity index (χ0) is 20.9. The van der Waals surface area contributed by atoms with Crippen molar-refractivity contribution in [3.8, 4) is 0 Å². The van der Waals surface area contributed by atoms with Crippen LogP contribution in [-0.4, -0.2) is 42.0 Å². The molecule has 9 heteroatoms. The summed E-state index contributed by atoms with van der Waals surface area (Å²) in [6.45, 7) is 0.713. The van der Waals surface area contributed by atoms with Gasteiger partial charge in [0.05, 0.1) is 18.0 Å². The molecule has 0 aliphatic rings. The first-order valence-electron chi connectivity index (χ1n) is 8.88. The Labute approximate surface area is 175 Å². The van der Waals surface area contributed by atoms with E-state index in [0.717, 1.165) is 15.4 Å². The summed E-state index contributed by atoms with van der Waals surface area (Å²) in [5.74, 6) is -0.384. The first-order chi connectivity index (χ1) is 13.8. The van der Waals surface area contributed by atoms with Gasteiger partial charge in [-0.3, -0.25) is 9.48 Å². The Balaban J connectivity index is 1.52. The molecular formula is C20H21ClN4O3S. The van der Waals surface area contributed by atoms with Gasteiger partial charge >= 0.3 is 0 Å². The van der Waals surface area contributed by atoms with Crippen LogP contribution >= 0.6 is 11.6 Å². The molecular weight excluding hydrogens is 412 g/mol. The largest absolute Gasteiger partial charge is 0.351 e. The summed E-state index contributed by atoms with van der Waals surface area (Å²) in [5, 5.41) is 7.35. The van der Waals surface area contributed by atoms with E-state index in [-0.39, 0.29) is 17.3 Å². The molecule has 0 aliphatic carbocycles. The number of nitrogens with zero attached hydrogens (tertiary/aromatic N) is 3. The number of benzene rings is 2. The molecule has 0 saturated carbocycles. The van der Waals surface area contributed by atoms with Gasteiger partial charge in [-0.15, -0.1) is 0 Å². The third-order valence-electron chi connectivity index (χ3n) is 4.30. The third kappa shape index (κ3) is 5.66. The predicted molar refractivity (Wildman–Crippen MR) is 111 cm³/mol. The number of sulfonamides is 1. The van der Waals surface area contributed by atoms with Crippen molar-refractivity contribution in [1.29, 1.82) is 0 Å². The fraction of sp³-hybridized carbons (Fsp3) is 0.200. The second kappa shape index (κ2) is 9.21. The lowest BCUT2D eigenvalue weighted by Crippen LogP contribution is -2.38. The first-order valence-corrected chi connectivity index (χ1v) is 10.7. The third-order valence-corrected chi connectivity index (χ3v) is 6.37. The molecule has 29 heavy (non-hydrogen) atoms. The average Bonchev–Trinajstić information content (AvgIpc) is 3.21. The van der Waals surface area contributed by atoms with Crippen LogP contribution in [0.5, 0.6) is 0 Å². The fourth-order valence-corrected chi connectivity index (χ4v) is 3.93. The molecule has 152 valence electrons. The van der Waals surface area contributed by atoms with Gasteiger partial charge in [0.1, 0.15) is 0 Å². The summed E-state index contributed by atoms with van der Waals surface area (Å²) >= 11 is 5.79. The van der Waals surface area contributed by atoms with E-state index in [1.165, 1.54) is 31.3 Å². The van der Waals surface area contributed by atoms with Crippen molar-refractivity contribution in [1.82, 2.24) is 19.4 Å². The van der Waals surface area contributed by atoms with Crippen LogP contribution in [-0.2, 0) is 27.9 Å². The molecule has 1 aromatic heterocycles. The van der Waals surface area contributed by atoms with E-state index >= 15 is 0 Å². The number of hydrogen-bond acceptors (Lipinski definition) is 4. The van der Waals surface area contributed by atoms with E-state index in [0.29, 0.717) is 18.1 Å². The maximum Gasteiger partial charge on any atom is 0.243 e. The number of nitrogens with one attached hydrogen (secondary N) is 1. The van der Waals surface area contributed by atoms with E-state index < -0.39 is 10.0 Å². The van der Waals surface area contributed by atoms with Crippen LogP contribution < -0.4 is 5.32 Å². The summed E-state index contributed by atoms with van der Waals surface area (Å²) in [5.41, 5.74) is 2.02. The van der Waals surface area contributed by atoms with Gasteiger partial charge < -0.3 is 5.32 Å². The zero-order valence-corrected chi connectivity index (χ0v) is 17.4. The highest BCUT2D eigenvalue weighted by Gasteiger charge is 2.22. The molecule has 0 bridgehead atoms. The molecule has 0 saturated heterocycles. The van der Waals surface area contributed by atoms with Crippen LogP contribution in [0.4, 0.5) is 0 Å². The number of carbonyl (C=O) groups is 1. The van der Waals surface area contributed by atoms with Gasteiger partial charge in [-0.1, -0.05) is 35.9 Å². The predicted octanol–water partition coefficient (Wildman–Crippen LogP) is 2.52. The van der Waals surface area contributed by atoms with Crippen molar-refractivity contribution in [2.75, 3.05) is 13.6 Å². The number of likely N-dealkylation sites (N-methyl/N-ethyl adjacent to an activating group) is 1. The van der Waals surface area contributed by atoms with E-state index in [9.17, 15) is 13.2 Å². The molecule has 2 aromatic carbocycles. The van der Waals surface area contributed by atoms with E-state index in [1.807, 2.05) is 41.2 Å². The summed E-state index contributed by atoms with van der Waals surface area (Å²) < 4.78 is 27.9. The molecule has 0 radical (unpaired) electrons. The maximum atomic E-state index is 12.5. The molecule has 1 heterocycles. The molecule has 0 unspecified atom stereocenters. The van der Waals surface area contributed by atoms with Crippen LogP contribution in [0.2, 0.25) is 5.02 Å². The van der Waals surface area contributed by atoms with Gasteiger partial charge in [0.2, 0.25) is 15.9 Å². The van der Waals surface area contributed by atoms with Gasteiger partial charge in [-0.2, -0.15) is 9.40 Å². The van der Waals surface area contributed by atoms with E-state index in [2.05, 4.69) is 10.4 Å². The average molecular weight is 433 g/mol. The van der Waals surface area contributed by atoms with Crippen LogP contribution in [0.25, 0.3) is 0 Å². The molecule has 1 amide bonds. The van der Waals surface area contributed by atoms with Crippen LogP contribution in [0.1, 0.15) is 11.1 Å². The smallest absolute Gasteiger partial charge is 0.243 e. The van der Waals surface area contributed by atoms with Crippen LogP contribution in [0.3, 0.4) is 0 Å². The van der Waals surface area contributed by atoms with Gasteiger partial charge in [0.15, 0.2) is 0 Å². The minimum absolute atomic E-state index is 0.0879. The van der Waals surface area contributed by atoms with Crippen molar-refractivity contribution in [3.05, 3.63) is 83.1 Å². The molecule has 0 spiro atoms. The van der Waals surface area contributed by atoms with Crippen molar-refractivity contribution in [2.24, 2.45) is 0 Å². The lowest BCUT2D eigenvalue weighted by atomic mass is 10.1. The summed E-state index contributed by atoms with van der Waals surface area (Å²) in [6.07, 6.45) is 3.62. The maximum absolute atomic E-state index is 12.5. The SMILES string of the molecule is CN(CC(=O)NCc1ccc(Cn2cccn2)cc1)S(=O)(=O)c1ccc(Cl)cc1. The van der Waals surface area contributed by atoms with Crippen molar-refractivity contribution in [3.63, 3.8) is 0 Å². The van der Waals surface area contributed by atoms with Gasteiger partial charge in [-0.05, 0) is 41.5 Å². The Hall–Kier alpha value is -2.68. The minimum Gasteiger partial charge on any atom is -0.351 e. The van der Waals surface area contributed by atoms with Gasteiger partial charge in [-0.25, -0.2) is 8.42 Å². The second-order valence-electron chi connectivity index (χ2n) is 6.51. The lowest BCUT2D eigenvalue weighted by molar-refractivity contribution is -0.121. The highest BCUT2D eigenvalue weighted by Crippen LogP contribution is 2.17. The highest BCUT2D eigenvalue weighted by molar-refractivity contribution is 7.89. The molecule has 7 nitrogen and oxygen atoms in total. The Kier molecular flexibility index (Phi) is 6.68. The Morgan fingerprint density at radius 2 is 1.76 bits per heavy atom. The number of halogens is 1. The normalized spacial score (nSPS) is 11.6. The second-order valence-corrected chi connectivity index (χ2v) is 8.99. The number of rotatable bonds is 8. The van der Waals surface area contributed by atoms with Crippen molar-refractivity contribution < 1.29 is 13.2 Å². The van der Waals surface area contributed by atoms with Crippen molar-refractivity contribution >= 4 is 27.5 Å². The van der Waals surface area contributed by atoms with E-state index in [4.69, 9.17) is 11.6 Å². The Morgan fingerprint density at radius 3 is 2.38 bits per heavy atom. The molecule has 0 aliphatic heterocycles. The van der Waals surface area contributed by atoms with Crippen LogP contribution in [0.15, 0.2) is 71.9 Å². The number of amides is 1. The summed E-state index contributed by atoms with van der Waals surface area (Å²) in [6, 6.07) is 15.5. The van der Waals surface area contributed by atoms with Crippen LogP contribution in [0, 0.1) is 0 Å². The van der Waals surface area contributed by atoms with Gasteiger partial charge in [0, 0.05) is 31.0 Å². The standard InChI is InChI=1S/C20H21ClN4O3S/c1-24(29(27,28)19-9-7-18(21)8-10-19)15-20(26)22-13-16-3-5-17(6-4-16)14-25-12-2-11-23-25/h2-12H,13-15H2,1H3,(H,22,26). The van der Waals surface area contributed by atoms with Gasteiger partial charge in [0.25, 0.3) is 0 Å². The Bertz CT molecular complexity index is 1050. The topological polar surface area (TPSA) is 84.3 Å². The molecule has 0 atom stereocenters. The monoisotopic (exact) mass is 432 g/mol. The number of aromatic nitrogens is 2. The number of carbonyl (C=O) groups excluding carboxylic acids is 1. The number of hydrogen-bond donors (Lipinski definition) is 1. The summed E-state index contributed by atoms with van der Waals surface area (Å²) in [4.78, 5) is 12.3. The molecule has 3 aromatic rings. The quantitative estimate of drug-likeness (QED) is 0.592.